The van der Waals surface area contributed by atoms with Crippen molar-refractivity contribution in [2.75, 3.05) is 29.5 Å². The van der Waals surface area contributed by atoms with Crippen molar-refractivity contribution >= 4 is 40.4 Å². The summed E-state index contributed by atoms with van der Waals surface area (Å²) < 4.78 is 19.9. The fraction of sp³-hybridized carbons (Fsp3) is 0.261. The maximum Gasteiger partial charge on any atom is 0.268 e. The Balaban J connectivity index is 1.34. The highest BCUT2D eigenvalue weighted by Crippen LogP contribution is 2.37. The first-order valence-electron chi connectivity index (χ1n) is 10.5. The second-order valence-corrected chi connectivity index (χ2v) is 8.29. The fourth-order valence-corrected chi connectivity index (χ4v) is 3.64. The summed E-state index contributed by atoms with van der Waals surface area (Å²) in [5, 5.41) is 8.98. The van der Waals surface area contributed by atoms with E-state index in [1.807, 2.05) is 24.3 Å². The Bertz CT molecular complexity index is 1180. The minimum atomic E-state index is -1.02. The molecule has 2 aromatic carbocycles. The van der Waals surface area contributed by atoms with E-state index in [0.29, 0.717) is 30.1 Å². The summed E-state index contributed by atoms with van der Waals surface area (Å²) in [6.45, 7) is 3.13. The molecule has 2 heterocycles. The van der Waals surface area contributed by atoms with Crippen LogP contribution in [0.4, 0.5) is 27.3 Å². The molecule has 5 N–H and O–H groups in total. The highest BCUT2D eigenvalue weighted by Gasteiger charge is 2.39. The van der Waals surface area contributed by atoms with E-state index in [4.69, 9.17) is 22.1 Å². The Labute approximate surface area is 195 Å². The SMILES string of the molecule is CC1(CCNCCc2cccc(N)c2)Oc2ccc(Nc3nc(Cl)ncc3F)cc2NC1=O. The molecule has 0 aliphatic carbocycles. The summed E-state index contributed by atoms with van der Waals surface area (Å²) in [5.41, 5.74) is 7.69. The molecule has 1 aliphatic rings. The van der Waals surface area contributed by atoms with Crippen molar-refractivity contribution in [2.45, 2.75) is 25.4 Å². The van der Waals surface area contributed by atoms with Crippen molar-refractivity contribution in [3.8, 4) is 5.75 Å². The lowest BCUT2D eigenvalue weighted by Crippen LogP contribution is -2.50. The molecule has 8 nitrogen and oxygen atoms in total. The molecule has 0 saturated heterocycles. The zero-order chi connectivity index (χ0) is 23.4. The number of nitrogens with zero attached hydrogens (tertiary/aromatic N) is 2. The molecular weight excluding hydrogens is 447 g/mol. The van der Waals surface area contributed by atoms with Crippen molar-refractivity contribution in [1.82, 2.24) is 15.3 Å². The molecule has 172 valence electrons. The van der Waals surface area contributed by atoms with Crippen LogP contribution in [0.5, 0.6) is 5.75 Å². The van der Waals surface area contributed by atoms with E-state index in [0.717, 1.165) is 30.4 Å². The zero-order valence-electron chi connectivity index (χ0n) is 18.0. The van der Waals surface area contributed by atoms with E-state index >= 15 is 0 Å². The van der Waals surface area contributed by atoms with Gasteiger partial charge in [-0.05, 0) is 73.9 Å². The van der Waals surface area contributed by atoms with E-state index in [1.165, 1.54) is 0 Å². The van der Waals surface area contributed by atoms with Crippen LogP contribution in [-0.2, 0) is 11.2 Å². The molecule has 0 spiro atoms. The molecule has 0 saturated carbocycles. The van der Waals surface area contributed by atoms with Crippen molar-refractivity contribution in [2.24, 2.45) is 0 Å². The smallest absolute Gasteiger partial charge is 0.268 e. The quantitative estimate of drug-likeness (QED) is 0.224. The van der Waals surface area contributed by atoms with Crippen LogP contribution in [-0.4, -0.2) is 34.6 Å². The van der Waals surface area contributed by atoms with Crippen molar-refractivity contribution in [1.29, 1.82) is 0 Å². The number of amides is 1. The van der Waals surface area contributed by atoms with Crippen LogP contribution in [0.1, 0.15) is 18.9 Å². The maximum atomic E-state index is 13.9. The van der Waals surface area contributed by atoms with Crippen LogP contribution in [0.25, 0.3) is 0 Å². The minimum absolute atomic E-state index is 0.0629. The van der Waals surface area contributed by atoms with Crippen LogP contribution in [0.3, 0.4) is 0 Å². The largest absolute Gasteiger partial charge is 0.475 e. The number of halogens is 2. The van der Waals surface area contributed by atoms with Gasteiger partial charge in [-0.25, -0.2) is 9.37 Å². The Morgan fingerprint density at radius 1 is 1.24 bits per heavy atom. The van der Waals surface area contributed by atoms with Crippen molar-refractivity contribution < 1.29 is 13.9 Å². The number of aromatic nitrogens is 2. The van der Waals surface area contributed by atoms with Gasteiger partial charge in [0.1, 0.15) is 5.75 Å². The van der Waals surface area contributed by atoms with Crippen molar-refractivity contribution in [3.05, 3.63) is 65.3 Å². The summed E-state index contributed by atoms with van der Waals surface area (Å²) in [6, 6.07) is 12.8. The third-order valence-electron chi connectivity index (χ3n) is 5.34. The topological polar surface area (TPSA) is 114 Å². The molecule has 0 radical (unpaired) electrons. The lowest BCUT2D eigenvalue weighted by molar-refractivity contribution is -0.131. The Kier molecular flexibility index (Phi) is 6.62. The van der Waals surface area contributed by atoms with Gasteiger partial charge >= 0.3 is 0 Å². The number of nitrogen functional groups attached to an aromatic ring is 1. The number of fused-ring (bicyclic) bond motifs is 1. The summed E-state index contributed by atoms with van der Waals surface area (Å²) >= 11 is 5.73. The third kappa shape index (κ3) is 5.50. The average Bonchev–Trinajstić information content (AvgIpc) is 2.77. The molecule has 1 amide bonds. The first-order chi connectivity index (χ1) is 15.8. The third-order valence-corrected chi connectivity index (χ3v) is 5.52. The molecule has 4 rings (SSSR count). The van der Waals surface area contributed by atoms with Gasteiger partial charge in [-0.1, -0.05) is 12.1 Å². The molecule has 3 aromatic rings. The fourth-order valence-electron chi connectivity index (χ4n) is 3.51. The lowest BCUT2D eigenvalue weighted by Gasteiger charge is -2.35. The van der Waals surface area contributed by atoms with Crippen LogP contribution < -0.4 is 26.4 Å². The second kappa shape index (κ2) is 9.60. The number of carbonyl (C=O) groups is 1. The molecular formula is C23H24ClFN6O2. The second-order valence-electron chi connectivity index (χ2n) is 7.95. The number of carbonyl (C=O) groups excluding carboxylic acids is 1. The lowest BCUT2D eigenvalue weighted by atomic mass is 9.98. The van der Waals surface area contributed by atoms with Crippen LogP contribution in [0, 0.1) is 5.82 Å². The Morgan fingerprint density at radius 2 is 2.09 bits per heavy atom. The van der Waals surface area contributed by atoms with Gasteiger partial charge < -0.3 is 26.4 Å². The van der Waals surface area contributed by atoms with E-state index in [1.54, 1.807) is 25.1 Å². The number of benzene rings is 2. The summed E-state index contributed by atoms with van der Waals surface area (Å²) in [6.07, 6.45) is 2.31. The number of nitrogens with one attached hydrogen (secondary N) is 3. The van der Waals surface area contributed by atoms with E-state index in [9.17, 15) is 9.18 Å². The van der Waals surface area contributed by atoms with Gasteiger partial charge in [0.2, 0.25) is 5.28 Å². The highest BCUT2D eigenvalue weighted by atomic mass is 35.5. The monoisotopic (exact) mass is 470 g/mol. The van der Waals surface area contributed by atoms with E-state index in [-0.39, 0.29) is 17.0 Å². The van der Waals surface area contributed by atoms with Gasteiger partial charge in [-0.15, -0.1) is 0 Å². The highest BCUT2D eigenvalue weighted by molar-refractivity contribution is 6.28. The van der Waals surface area contributed by atoms with Gasteiger partial charge in [0, 0.05) is 17.8 Å². The molecule has 33 heavy (non-hydrogen) atoms. The minimum Gasteiger partial charge on any atom is -0.475 e. The Morgan fingerprint density at radius 3 is 2.91 bits per heavy atom. The van der Waals surface area contributed by atoms with E-state index in [2.05, 4.69) is 25.9 Å². The van der Waals surface area contributed by atoms with Gasteiger partial charge in [-0.3, -0.25) is 4.79 Å². The standard InChI is InChI=1S/C23H24ClFN6O2/c1-23(8-10-27-9-7-14-3-2-4-15(26)11-14)21(32)30-18-12-16(5-6-19(18)33-23)29-20-17(25)13-28-22(24)31-20/h2-6,11-13,27H,7-10,26H2,1H3,(H,30,32)(H,28,29,31). The number of anilines is 4. The summed E-state index contributed by atoms with van der Waals surface area (Å²) in [7, 11) is 0. The van der Waals surface area contributed by atoms with Crippen LogP contribution in [0.2, 0.25) is 5.28 Å². The van der Waals surface area contributed by atoms with Crippen LogP contribution >= 0.6 is 11.6 Å². The molecule has 1 aliphatic heterocycles. The summed E-state index contributed by atoms with van der Waals surface area (Å²) in [5.74, 6) is -0.426. The first kappa shape index (κ1) is 22.8. The maximum absolute atomic E-state index is 13.9. The normalized spacial score (nSPS) is 17.1. The zero-order valence-corrected chi connectivity index (χ0v) is 18.7. The van der Waals surface area contributed by atoms with E-state index < -0.39 is 11.4 Å². The van der Waals surface area contributed by atoms with Crippen LogP contribution in [0.15, 0.2) is 48.7 Å². The number of hydrogen-bond donors (Lipinski definition) is 4. The predicted molar refractivity (Wildman–Crippen MR) is 126 cm³/mol. The molecule has 0 fully saturated rings. The number of ether oxygens (including phenoxy) is 1. The molecule has 0 bridgehead atoms. The van der Waals surface area contributed by atoms with Gasteiger partial charge in [0.25, 0.3) is 5.91 Å². The molecule has 1 atom stereocenters. The average molecular weight is 471 g/mol. The number of hydrogen-bond acceptors (Lipinski definition) is 7. The molecule has 10 heteroatoms. The number of nitrogens with two attached hydrogens (primary N) is 1. The number of rotatable bonds is 8. The predicted octanol–water partition coefficient (Wildman–Crippen LogP) is 3.91. The Hall–Kier alpha value is -3.43. The molecule has 1 unspecified atom stereocenters. The molecule has 1 aromatic heterocycles. The van der Waals surface area contributed by atoms with Gasteiger partial charge in [-0.2, -0.15) is 4.98 Å². The van der Waals surface area contributed by atoms with Crippen molar-refractivity contribution in [3.63, 3.8) is 0 Å². The first-order valence-corrected chi connectivity index (χ1v) is 10.8. The summed E-state index contributed by atoms with van der Waals surface area (Å²) in [4.78, 5) is 20.2. The van der Waals surface area contributed by atoms with Gasteiger partial charge in [0.05, 0.1) is 11.9 Å². The van der Waals surface area contributed by atoms with Gasteiger partial charge in [0.15, 0.2) is 17.2 Å².